The van der Waals surface area contributed by atoms with Gasteiger partial charge in [0.1, 0.15) is 11.3 Å². The topological polar surface area (TPSA) is 168 Å². The van der Waals surface area contributed by atoms with Crippen LogP contribution in [0.4, 0.5) is 18.9 Å². The molecule has 1 amide bonds. The molecule has 0 spiro atoms. The van der Waals surface area contributed by atoms with Crippen LogP contribution in [0.1, 0.15) is 62.0 Å². The summed E-state index contributed by atoms with van der Waals surface area (Å²) in [5.41, 5.74) is -1.21. The lowest BCUT2D eigenvalue weighted by atomic mass is 9.87. The summed E-state index contributed by atoms with van der Waals surface area (Å²) in [7, 11) is -4.53. The quantitative estimate of drug-likeness (QED) is 0.122. The Kier molecular flexibility index (Phi) is 9.69. The van der Waals surface area contributed by atoms with Crippen LogP contribution in [0.25, 0.3) is 27.9 Å². The van der Waals surface area contributed by atoms with Crippen LogP contribution in [-0.4, -0.2) is 57.1 Å². The van der Waals surface area contributed by atoms with Gasteiger partial charge in [-0.25, -0.2) is 4.79 Å². The summed E-state index contributed by atoms with van der Waals surface area (Å²) in [5.74, 6) is -0.0642. The summed E-state index contributed by atoms with van der Waals surface area (Å²) in [6, 6.07) is 10.2. The molecule has 3 heterocycles. The Morgan fingerprint density at radius 1 is 1.02 bits per heavy atom. The minimum atomic E-state index is -4.87. The molecule has 2 N–H and O–H groups in total. The van der Waals surface area contributed by atoms with Gasteiger partial charge in [0.2, 0.25) is 11.7 Å². The number of aromatic nitrogens is 4. The molecule has 48 heavy (non-hydrogen) atoms. The average Bonchev–Trinajstić information content (AvgIpc) is 2.99. The molecule has 5 rings (SSSR count). The molecule has 2 aromatic heterocycles. The summed E-state index contributed by atoms with van der Waals surface area (Å²) < 4.78 is 80.0. The highest BCUT2D eigenvalue weighted by Gasteiger charge is 2.37. The molecule has 0 radical (unpaired) electrons. The van der Waals surface area contributed by atoms with Crippen molar-refractivity contribution >= 4 is 38.3 Å². The van der Waals surface area contributed by atoms with E-state index in [9.17, 15) is 35.7 Å². The van der Waals surface area contributed by atoms with Gasteiger partial charge in [-0.3, -0.25) is 9.35 Å². The lowest BCUT2D eigenvalue weighted by molar-refractivity contribution is -0.136. The maximum absolute atomic E-state index is 13.8. The first kappa shape index (κ1) is 34.6. The molecule has 0 aliphatic carbocycles. The second-order valence-corrected chi connectivity index (χ2v) is 13.6. The monoisotopic (exact) mass is 686 g/mol. The lowest BCUT2D eigenvalue weighted by Crippen LogP contribution is -2.46. The number of carbonyl (C=O) groups excluding carboxylic acids is 1. The minimum absolute atomic E-state index is 0.124. The van der Waals surface area contributed by atoms with Crippen molar-refractivity contribution in [1.82, 2.24) is 25.7 Å². The van der Waals surface area contributed by atoms with Gasteiger partial charge in [-0.2, -0.15) is 21.6 Å². The smallest absolute Gasteiger partial charge is 0.417 e. The van der Waals surface area contributed by atoms with Crippen molar-refractivity contribution in [3.63, 3.8) is 0 Å². The highest BCUT2D eigenvalue weighted by Crippen LogP contribution is 2.44. The third kappa shape index (κ3) is 8.23. The number of hydrogen-bond donors (Lipinski definition) is 2. The van der Waals surface area contributed by atoms with E-state index in [1.165, 1.54) is 6.07 Å². The number of unbranched alkanes of at least 4 members (excludes halogenated alkanes) is 2. The highest BCUT2D eigenvalue weighted by molar-refractivity contribution is 7.86. The summed E-state index contributed by atoms with van der Waals surface area (Å²) in [6.45, 7) is 6.03. The zero-order valence-corrected chi connectivity index (χ0v) is 27.2. The fourth-order valence-electron chi connectivity index (χ4n) is 5.72. The van der Waals surface area contributed by atoms with Gasteiger partial charge in [0.25, 0.3) is 10.1 Å². The second-order valence-electron chi connectivity index (χ2n) is 12.1. The van der Waals surface area contributed by atoms with E-state index >= 15 is 0 Å². The number of nitrogens with one attached hydrogen (secondary N) is 1. The van der Waals surface area contributed by atoms with E-state index in [1.54, 1.807) is 26.8 Å². The molecule has 0 unspecified atom stereocenters. The van der Waals surface area contributed by atoms with E-state index in [0.717, 1.165) is 17.2 Å². The Balaban J connectivity index is 1.23. The number of rotatable bonds is 11. The van der Waals surface area contributed by atoms with E-state index in [-0.39, 0.29) is 29.0 Å². The number of anilines is 1. The first-order valence-corrected chi connectivity index (χ1v) is 16.7. The van der Waals surface area contributed by atoms with Gasteiger partial charge in [0.05, 0.1) is 11.1 Å². The van der Waals surface area contributed by atoms with Crippen molar-refractivity contribution in [2.75, 3.05) is 17.2 Å². The molecule has 254 valence electrons. The molecule has 0 fully saturated rings. The number of halogens is 3. The SMILES string of the molecule is Cc1nnc(-c2ccc(CNC(=O)CCCCCN3c4cc5oc(=O)cc(C(F)(F)F)c5cc4C(CS(=O)(=O)O)=CC3(C)C)cc2)nn1. The first-order chi connectivity index (χ1) is 22.5. The van der Waals surface area contributed by atoms with Gasteiger partial charge in [-0.15, -0.1) is 20.4 Å². The maximum atomic E-state index is 13.8. The number of hydrogen-bond acceptors (Lipinski definition) is 10. The van der Waals surface area contributed by atoms with E-state index in [1.807, 2.05) is 29.2 Å². The number of benzene rings is 2. The van der Waals surface area contributed by atoms with Crippen molar-refractivity contribution in [2.45, 2.75) is 64.7 Å². The van der Waals surface area contributed by atoms with Crippen LogP contribution in [0, 0.1) is 6.92 Å². The Morgan fingerprint density at radius 3 is 2.35 bits per heavy atom. The van der Waals surface area contributed by atoms with Crippen molar-refractivity contribution in [3.05, 3.63) is 81.5 Å². The van der Waals surface area contributed by atoms with E-state index in [4.69, 9.17) is 4.42 Å². The van der Waals surface area contributed by atoms with Crippen LogP contribution in [-0.2, 0) is 27.6 Å². The Morgan fingerprint density at radius 2 is 1.71 bits per heavy atom. The predicted octanol–water partition coefficient (Wildman–Crippen LogP) is 5.11. The molecule has 1 aliphatic heterocycles. The molecule has 0 atom stereocenters. The van der Waals surface area contributed by atoms with Crippen LogP contribution < -0.4 is 15.8 Å². The van der Waals surface area contributed by atoms with Crippen molar-refractivity contribution in [1.29, 1.82) is 0 Å². The molecule has 1 aliphatic rings. The molecule has 2 aromatic carbocycles. The van der Waals surface area contributed by atoms with Crippen LogP contribution in [0.2, 0.25) is 0 Å². The molecule has 0 saturated carbocycles. The van der Waals surface area contributed by atoms with Gasteiger partial charge in [-0.1, -0.05) is 36.8 Å². The van der Waals surface area contributed by atoms with Crippen LogP contribution >= 0.6 is 0 Å². The molecular weight excluding hydrogens is 653 g/mol. The zero-order chi connectivity index (χ0) is 34.9. The summed E-state index contributed by atoms with van der Waals surface area (Å²) in [4.78, 5) is 26.4. The fourth-order valence-corrected chi connectivity index (χ4v) is 6.35. The Hall–Kier alpha value is -4.70. The number of amides is 1. The van der Waals surface area contributed by atoms with E-state index in [0.29, 0.717) is 55.8 Å². The highest BCUT2D eigenvalue weighted by atomic mass is 32.2. The second kappa shape index (κ2) is 13.4. The third-order valence-corrected chi connectivity index (χ3v) is 8.61. The molecule has 0 bridgehead atoms. The Labute approximate surface area is 273 Å². The van der Waals surface area contributed by atoms with Crippen LogP contribution in [0.5, 0.6) is 0 Å². The van der Waals surface area contributed by atoms with Gasteiger partial charge in [-0.05, 0) is 50.8 Å². The summed E-state index contributed by atoms with van der Waals surface area (Å²) in [5, 5.41) is 18.3. The largest absolute Gasteiger partial charge is 0.423 e. The normalized spacial score (nSPS) is 14.5. The molecule has 4 aromatic rings. The fraction of sp³-hybridized carbons (Fsp3) is 0.375. The summed E-state index contributed by atoms with van der Waals surface area (Å²) >= 11 is 0. The maximum Gasteiger partial charge on any atom is 0.417 e. The average molecular weight is 687 g/mol. The van der Waals surface area contributed by atoms with Crippen molar-refractivity contribution < 1.29 is 35.4 Å². The number of alkyl halides is 3. The van der Waals surface area contributed by atoms with Gasteiger partial charge in [0, 0.05) is 53.8 Å². The standard InChI is InChI=1S/C32H33F3N6O6S/c1-19-37-39-30(40-38-19)21-10-8-20(9-11-21)17-36-28(42)7-5-4-6-12-41-26-15-27-24(25(32(33,34)35)14-29(43)47-27)13-23(26)22(16-31(41,2)3)18-48(44,45)46/h8-11,13-16H,4-7,12,17-18H2,1-3H3,(H,36,42)(H,44,45,46). The first-order valence-electron chi connectivity index (χ1n) is 15.0. The van der Waals surface area contributed by atoms with E-state index < -0.39 is 44.2 Å². The van der Waals surface area contributed by atoms with Crippen LogP contribution in [0.15, 0.2) is 57.8 Å². The van der Waals surface area contributed by atoms with E-state index in [2.05, 4.69) is 25.7 Å². The van der Waals surface area contributed by atoms with Gasteiger partial charge in [0.15, 0.2) is 5.82 Å². The minimum Gasteiger partial charge on any atom is -0.423 e. The Bertz CT molecular complexity index is 2030. The number of nitrogens with zero attached hydrogens (tertiary/aromatic N) is 5. The summed E-state index contributed by atoms with van der Waals surface area (Å²) in [6.07, 6.45) is -1.18. The van der Waals surface area contributed by atoms with Gasteiger partial charge < -0.3 is 14.6 Å². The van der Waals surface area contributed by atoms with Crippen LogP contribution in [0.3, 0.4) is 0 Å². The number of aryl methyl sites for hydroxylation is 1. The number of fused-ring (bicyclic) bond motifs is 2. The molecule has 16 heteroatoms. The van der Waals surface area contributed by atoms with Crippen molar-refractivity contribution in [3.8, 4) is 11.4 Å². The molecular formula is C32H33F3N6O6S. The van der Waals surface area contributed by atoms with Gasteiger partial charge >= 0.3 is 11.8 Å². The molecule has 12 nitrogen and oxygen atoms in total. The third-order valence-electron chi connectivity index (χ3n) is 7.93. The predicted molar refractivity (Wildman–Crippen MR) is 171 cm³/mol. The lowest BCUT2D eigenvalue weighted by Gasteiger charge is -2.44. The number of carbonyl (C=O) groups is 1. The molecule has 0 saturated heterocycles. The van der Waals surface area contributed by atoms with Crippen molar-refractivity contribution in [2.24, 2.45) is 0 Å². The zero-order valence-electron chi connectivity index (χ0n) is 26.3.